The summed E-state index contributed by atoms with van der Waals surface area (Å²) in [6.45, 7) is 70.2. The van der Waals surface area contributed by atoms with Crippen LogP contribution in [0.3, 0.4) is 0 Å². The van der Waals surface area contributed by atoms with Crippen LogP contribution in [0.4, 0.5) is 0 Å². The number of ether oxygens (including phenoxy) is 1. The molecule has 0 amide bonds. The lowest BCUT2D eigenvalue weighted by Gasteiger charge is -2.61. The molecule has 24 aliphatic carbocycles. The summed E-state index contributed by atoms with van der Waals surface area (Å²) in [4.78, 5) is 36.6. The molecule has 21 fully saturated rings. The molecule has 0 bridgehead atoms. The molecular weight excluding hydrogens is 1870 g/mol. The molecule has 41 atom stereocenters. The molecule has 13 heteroatoms. The van der Waals surface area contributed by atoms with Crippen molar-refractivity contribution in [2.75, 3.05) is 0 Å². The van der Waals surface area contributed by atoms with Gasteiger partial charge in [0.05, 0.1) is 36.6 Å². The molecule has 148 heavy (non-hydrogen) atoms. The van der Waals surface area contributed by atoms with Gasteiger partial charge >= 0.3 is 5.97 Å². The summed E-state index contributed by atoms with van der Waals surface area (Å²) in [5.74, 6) is 18.2. The highest BCUT2D eigenvalue weighted by Gasteiger charge is 2.70. The Hall–Kier alpha value is -1.56. The van der Waals surface area contributed by atoms with Crippen molar-refractivity contribution < 1.29 is 47.7 Å². The van der Waals surface area contributed by atoms with Gasteiger partial charge in [0.1, 0.15) is 17.7 Å². The lowest BCUT2D eigenvalue weighted by atomic mass is 9.45. The van der Waals surface area contributed by atoms with E-state index in [4.69, 9.17) is 18.0 Å². The topological polar surface area (TPSA) is 149 Å². The third-order valence-electron chi connectivity index (χ3n) is 56.4. The second-order valence-corrected chi connectivity index (χ2v) is 79.9. The van der Waals surface area contributed by atoms with E-state index in [0.717, 1.165) is 171 Å². The number of carbonyl (C=O) groups is 3. The Balaban J connectivity index is 0.000000112. The zero-order valence-corrected chi connectivity index (χ0v) is 104. The number of fused-ring (bicyclic) bond motifs is 30. The van der Waals surface area contributed by atoms with Gasteiger partial charge in [-0.1, -0.05) is 194 Å². The van der Waals surface area contributed by atoms with E-state index < -0.39 is 25.0 Å². The molecule has 24 rings (SSSR count). The van der Waals surface area contributed by atoms with Gasteiger partial charge in [0.2, 0.25) is 0 Å². The minimum atomic E-state index is -1.73. The van der Waals surface area contributed by atoms with E-state index in [1.165, 1.54) is 276 Å². The van der Waals surface area contributed by atoms with Crippen molar-refractivity contribution in [3.05, 3.63) is 34.9 Å². The summed E-state index contributed by atoms with van der Waals surface area (Å²) >= 11 is 0. The molecule has 0 heterocycles. The third kappa shape index (κ3) is 19.4. The predicted molar refractivity (Wildman–Crippen MR) is 618 cm³/mol. The Labute approximate surface area is 910 Å². The molecule has 3 N–H and O–H groups in total. The minimum Gasteiger partial charge on any atom is -0.462 e. The molecule has 24 aliphatic rings. The fraction of sp³-hybridized carbons (Fsp3) is 0.933. The fourth-order valence-corrected chi connectivity index (χ4v) is 48.8. The minimum absolute atomic E-state index is 0.0236. The number of carbonyl (C=O) groups excluding carboxylic acids is 3. The van der Waals surface area contributed by atoms with Crippen molar-refractivity contribution >= 4 is 42.5 Å². The van der Waals surface area contributed by atoms with Crippen LogP contribution in [0.15, 0.2) is 34.9 Å². The van der Waals surface area contributed by atoms with E-state index in [0.29, 0.717) is 102 Å². The lowest BCUT2D eigenvalue weighted by molar-refractivity contribution is -0.157. The maximum Gasteiger partial charge on any atom is 0.302 e. The zero-order chi connectivity index (χ0) is 107. The van der Waals surface area contributed by atoms with Crippen LogP contribution in [-0.2, 0) is 32.4 Å². The second kappa shape index (κ2) is 41.2. The van der Waals surface area contributed by atoms with Gasteiger partial charge in [0.15, 0.2) is 25.0 Å². The normalized spacial score (nSPS) is 49.9. The molecule has 840 valence electrons. The van der Waals surface area contributed by atoms with Crippen molar-refractivity contribution in [2.45, 2.75) is 597 Å². The van der Waals surface area contributed by atoms with Gasteiger partial charge in [-0.2, -0.15) is 0 Å². The zero-order valence-electron chi connectivity index (χ0n) is 101. The highest BCUT2D eigenvalue weighted by molar-refractivity contribution is 6.75. The van der Waals surface area contributed by atoms with E-state index in [-0.39, 0.29) is 62.5 Å². The van der Waals surface area contributed by atoms with E-state index in [9.17, 15) is 29.7 Å². The summed E-state index contributed by atoms with van der Waals surface area (Å²) in [7, 11) is -5.14. The molecule has 0 radical (unpaired) electrons. The summed E-state index contributed by atoms with van der Waals surface area (Å²) in [6.07, 6.45) is 77.0. The van der Waals surface area contributed by atoms with Crippen molar-refractivity contribution in [1.82, 2.24) is 0 Å². The third-order valence-corrected chi connectivity index (χ3v) is 69.9. The number of allylic oxidation sites excluding steroid dienone is 6. The summed E-state index contributed by atoms with van der Waals surface area (Å²) in [5, 5.41) is 32.5. The summed E-state index contributed by atoms with van der Waals surface area (Å²) in [5.41, 5.74) is 9.68. The molecule has 12 unspecified atom stereocenters. The highest BCUT2D eigenvalue weighted by atomic mass is 28.4. The van der Waals surface area contributed by atoms with Gasteiger partial charge in [-0.25, -0.2) is 0 Å². The van der Waals surface area contributed by atoms with Gasteiger partial charge in [-0.15, -0.1) is 0 Å². The molecular formula is C135H228O10Si3. The lowest BCUT2D eigenvalue weighted by Crippen LogP contribution is -2.57. The van der Waals surface area contributed by atoms with Crippen LogP contribution in [0.1, 0.15) is 500 Å². The molecule has 0 aromatic rings. The van der Waals surface area contributed by atoms with Crippen molar-refractivity contribution in [3.63, 3.8) is 0 Å². The number of aliphatic hydroxyl groups is 3. The quantitative estimate of drug-likeness (QED) is 0.128. The van der Waals surface area contributed by atoms with Crippen LogP contribution in [0.25, 0.3) is 0 Å². The number of esters is 1. The summed E-state index contributed by atoms with van der Waals surface area (Å²) in [6, 6.07) is 0. The first-order chi connectivity index (χ1) is 69.2. The first-order valence-electron chi connectivity index (χ1n) is 64.6. The number of Topliss-reactive ketones (excluding diaryl/α,β-unsaturated/α-hetero) is 2. The number of hydrogen-bond acceptors (Lipinski definition) is 10. The van der Waals surface area contributed by atoms with E-state index in [1.807, 2.05) is 5.57 Å². The Morgan fingerprint density at radius 1 is 0.291 bits per heavy atom. The van der Waals surface area contributed by atoms with Gasteiger partial charge in [0.25, 0.3) is 0 Å². The van der Waals surface area contributed by atoms with E-state index in [1.54, 1.807) is 18.1 Å². The Bertz CT molecular complexity index is 4820. The maximum atomic E-state index is 12.7. The fourth-order valence-electron chi connectivity index (χ4n) is 44.4. The molecule has 0 aromatic heterocycles. The van der Waals surface area contributed by atoms with Crippen LogP contribution in [0, 0.1) is 195 Å². The van der Waals surface area contributed by atoms with Crippen LogP contribution in [0.2, 0.25) is 54.4 Å². The first-order valence-corrected chi connectivity index (χ1v) is 73.3. The predicted octanol–water partition coefficient (Wildman–Crippen LogP) is 35.7. The monoisotopic (exact) mass is 2090 g/mol. The Morgan fingerprint density at radius 2 is 0.588 bits per heavy atom. The highest BCUT2D eigenvalue weighted by Crippen LogP contribution is 2.75. The number of aliphatic hydroxyl groups excluding tert-OH is 3. The SMILES string of the molecule is CC(=O)O[C@H]1CC[C@H]2[C@@H]3CCC4=C[C@@H](C)CC[C@]4(C)C3CC[C@]12C.CC(C)(C)[Si](C)(C)OC1CC[C@H]2[C@@H]3CCC4C(=O)CCC[C@]4(C)C3CC[C@]12C.CC(C)(C)[Si](C)(C)O[C@H]1CC[C@H]2[C@@H]3CCC4=CCCC[C@]4(C)C3CC[C@]12C.CC(C)(C)[Si](C)(C)O[C@H]1CC[C@H]2[C@@H]3CCC4C(O)CCC[C@]4(C)C3CC[C@]12C.C[C@]12CCC3[C@@H](CCC4=CCCC[C@@]43C)[C@@H]1CC[C@@H]2O.C[C@]12CCCC(=O)C1CC[C@@H]1C2CC[C@]2(C)C(O)CC[C@@H]12. The van der Waals surface area contributed by atoms with Crippen molar-refractivity contribution in [2.24, 2.45) is 195 Å². The largest absolute Gasteiger partial charge is 0.462 e. The number of hydrogen-bond donors (Lipinski definition) is 3. The molecule has 10 nitrogen and oxygen atoms in total. The van der Waals surface area contributed by atoms with E-state index in [2.05, 4.69) is 210 Å². The Morgan fingerprint density at radius 3 is 0.966 bits per heavy atom. The van der Waals surface area contributed by atoms with Crippen LogP contribution < -0.4 is 0 Å². The average molecular weight is 2100 g/mol. The van der Waals surface area contributed by atoms with Gasteiger partial charge in [-0.05, 0) is 553 Å². The number of rotatable bonds is 7. The van der Waals surface area contributed by atoms with Crippen LogP contribution in [0.5, 0.6) is 0 Å². The molecule has 0 saturated heterocycles. The maximum absolute atomic E-state index is 12.7. The average Bonchev–Trinajstić information content (AvgIpc) is 1.45. The number of ketones is 2. The van der Waals surface area contributed by atoms with Gasteiger partial charge in [0, 0.05) is 37.0 Å². The molecule has 21 saturated carbocycles. The Kier molecular flexibility index (Phi) is 31.9. The van der Waals surface area contributed by atoms with E-state index >= 15 is 0 Å². The smallest absolute Gasteiger partial charge is 0.302 e. The van der Waals surface area contributed by atoms with Crippen molar-refractivity contribution in [1.29, 1.82) is 0 Å². The molecule has 0 aromatic carbocycles. The molecule has 0 spiro atoms. The van der Waals surface area contributed by atoms with Crippen molar-refractivity contribution in [3.8, 4) is 0 Å². The van der Waals surface area contributed by atoms with Crippen LogP contribution >= 0.6 is 0 Å². The van der Waals surface area contributed by atoms with Gasteiger partial charge in [-0.3, -0.25) is 14.4 Å². The first kappa shape index (κ1) is 115. The standard InChI is InChI=1S/C25H46O2Si.C25H44O2Si.C25H44OSi.C22H34O2.C19H30O2.C19H30O/c2*1-23(2,3)28(6,7)27-22-13-12-18-17-10-11-20-21(26)9-8-15-24(20,4)19(17)14-16-25(18,22)5;1-23(2,3)27(6,7)26-22-14-13-20-19-12-11-18-10-8-9-16-24(18,4)21(19)15-17-25(20,22)5;1-14-9-11-21(3)16(13-14)5-6-17-18-7-8-20(24-15(2)23)22(18,4)12-10-19(17)21;1-18-10-3-4-16(20)15(18)6-5-12-13-7-8-17(21)19(13,2)11-9-14(12)18;1-18-11-4-3-5-13(18)6-7-14-15-8-9-17(20)19(15,2)12-10-16(14)18/h17-22,26H,8-16H2,1-7H3;17-20,22H,8-16H2,1-7H3;10,19-22H,8-9,11-17H2,1-7H3;13-14,17-20H,5-12H2,1-4H3;12-15,17,21H,3-11H2,1-2H3;5,14-17,20H,3-4,6-12H2,1-2H3/t17-,18-,19?,20?,21?,22-,24+,25-;17-,18-,19?,20?,22?,24+,25-;19-,20-,21?,22-,24-,25-;14-,17-,18-,19?,20-,21-,22-;12-,13-,14?,15?,17?,18+,19-;14-,15-,16?,17-,18-,19-/m000000/s1. The molecule has 0 aliphatic heterocycles. The summed E-state index contributed by atoms with van der Waals surface area (Å²) < 4.78 is 26.9. The van der Waals surface area contributed by atoms with Gasteiger partial charge < -0.3 is 33.3 Å². The van der Waals surface area contributed by atoms with Crippen LogP contribution in [-0.4, -0.2) is 101 Å². The second-order valence-electron chi connectivity index (χ2n) is 65.6.